The third kappa shape index (κ3) is 1.58. The maximum atomic E-state index is 5.72. The number of rotatable bonds is 2. The van der Waals surface area contributed by atoms with Gasteiger partial charge in [-0.15, -0.1) is 0 Å². The van der Waals surface area contributed by atoms with E-state index in [1.54, 1.807) is 11.5 Å². The van der Waals surface area contributed by atoms with Gasteiger partial charge in [0.2, 0.25) is 0 Å². The van der Waals surface area contributed by atoms with Crippen LogP contribution in [-0.2, 0) is 0 Å². The SMILES string of the molecule is NC[C@H]1CCN(c2nsc3ccccc23)C1. The Balaban J connectivity index is 1.95. The Kier molecular flexibility index (Phi) is 2.53. The molecule has 4 heteroatoms. The summed E-state index contributed by atoms with van der Waals surface area (Å²) in [5.74, 6) is 1.79. The van der Waals surface area contributed by atoms with Crippen molar-refractivity contribution >= 4 is 27.4 Å². The second-order valence-electron chi connectivity index (χ2n) is 4.34. The predicted molar refractivity (Wildman–Crippen MR) is 69.0 cm³/mol. The minimum Gasteiger partial charge on any atom is -0.355 e. The van der Waals surface area contributed by atoms with Crippen LogP contribution in [0, 0.1) is 5.92 Å². The van der Waals surface area contributed by atoms with Crippen molar-refractivity contribution in [2.45, 2.75) is 6.42 Å². The Hall–Kier alpha value is -1.13. The van der Waals surface area contributed by atoms with E-state index in [1.165, 1.54) is 16.5 Å². The lowest BCUT2D eigenvalue weighted by molar-refractivity contribution is 0.602. The molecule has 1 aromatic heterocycles. The van der Waals surface area contributed by atoms with E-state index in [2.05, 4.69) is 33.5 Å². The summed E-state index contributed by atoms with van der Waals surface area (Å²) in [5, 5.41) is 1.28. The molecule has 0 radical (unpaired) electrons. The van der Waals surface area contributed by atoms with Crippen LogP contribution in [-0.4, -0.2) is 24.0 Å². The fraction of sp³-hybridized carbons (Fsp3) is 0.417. The van der Waals surface area contributed by atoms with Gasteiger partial charge in [-0.25, -0.2) is 0 Å². The molecular formula is C12H15N3S. The Morgan fingerprint density at radius 2 is 2.31 bits per heavy atom. The molecule has 2 heterocycles. The van der Waals surface area contributed by atoms with Crippen LogP contribution in [0.2, 0.25) is 0 Å². The minimum atomic E-state index is 0.639. The van der Waals surface area contributed by atoms with Gasteiger partial charge < -0.3 is 10.6 Å². The number of nitrogens with zero attached hydrogens (tertiary/aromatic N) is 2. The van der Waals surface area contributed by atoms with Crippen molar-refractivity contribution in [1.82, 2.24) is 4.37 Å². The number of fused-ring (bicyclic) bond motifs is 1. The highest BCUT2D eigenvalue weighted by Gasteiger charge is 2.24. The maximum Gasteiger partial charge on any atom is 0.150 e. The highest BCUT2D eigenvalue weighted by Crippen LogP contribution is 2.32. The van der Waals surface area contributed by atoms with Gasteiger partial charge in [0.1, 0.15) is 5.82 Å². The van der Waals surface area contributed by atoms with Crippen LogP contribution in [0.4, 0.5) is 5.82 Å². The first-order valence-corrected chi connectivity index (χ1v) is 6.45. The van der Waals surface area contributed by atoms with Crippen molar-refractivity contribution in [1.29, 1.82) is 0 Å². The van der Waals surface area contributed by atoms with Gasteiger partial charge in [-0.05, 0) is 42.5 Å². The topological polar surface area (TPSA) is 42.1 Å². The van der Waals surface area contributed by atoms with E-state index in [0.717, 1.165) is 25.5 Å². The van der Waals surface area contributed by atoms with Gasteiger partial charge in [-0.1, -0.05) is 12.1 Å². The van der Waals surface area contributed by atoms with Crippen molar-refractivity contribution in [2.24, 2.45) is 11.7 Å². The van der Waals surface area contributed by atoms with Crippen molar-refractivity contribution < 1.29 is 0 Å². The van der Waals surface area contributed by atoms with Gasteiger partial charge in [0.05, 0.1) is 4.70 Å². The van der Waals surface area contributed by atoms with Crippen molar-refractivity contribution in [3.8, 4) is 0 Å². The molecule has 1 aromatic carbocycles. The van der Waals surface area contributed by atoms with Crippen LogP contribution in [0.5, 0.6) is 0 Å². The van der Waals surface area contributed by atoms with E-state index >= 15 is 0 Å². The number of hydrogen-bond donors (Lipinski definition) is 1. The number of aromatic nitrogens is 1. The first-order valence-electron chi connectivity index (χ1n) is 5.68. The van der Waals surface area contributed by atoms with Gasteiger partial charge >= 0.3 is 0 Å². The number of nitrogens with two attached hydrogens (primary N) is 1. The lowest BCUT2D eigenvalue weighted by Crippen LogP contribution is -2.22. The fourth-order valence-electron chi connectivity index (χ4n) is 2.32. The Morgan fingerprint density at radius 1 is 1.44 bits per heavy atom. The average molecular weight is 233 g/mol. The van der Waals surface area contributed by atoms with Crippen molar-refractivity contribution in [3.05, 3.63) is 24.3 Å². The standard InChI is InChI=1S/C12H15N3S/c13-7-9-5-6-15(8-9)12-10-3-1-2-4-11(10)16-14-12/h1-4,9H,5-8,13H2/t9-/m1/s1. The average Bonchev–Trinajstić information content (AvgIpc) is 2.94. The summed E-state index contributed by atoms with van der Waals surface area (Å²) < 4.78 is 5.84. The van der Waals surface area contributed by atoms with Gasteiger partial charge in [-0.2, -0.15) is 4.37 Å². The minimum absolute atomic E-state index is 0.639. The Bertz CT molecular complexity index is 494. The van der Waals surface area contributed by atoms with E-state index in [0.29, 0.717) is 5.92 Å². The molecule has 84 valence electrons. The third-order valence-electron chi connectivity index (χ3n) is 3.28. The molecule has 1 saturated heterocycles. The van der Waals surface area contributed by atoms with E-state index < -0.39 is 0 Å². The fourth-order valence-corrected chi connectivity index (χ4v) is 3.11. The van der Waals surface area contributed by atoms with Gasteiger partial charge in [0.15, 0.2) is 0 Å². The van der Waals surface area contributed by atoms with Crippen LogP contribution in [0.15, 0.2) is 24.3 Å². The quantitative estimate of drug-likeness (QED) is 0.863. The van der Waals surface area contributed by atoms with E-state index in [1.807, 2.05) is 0 Å². The molecule has 16 heavy (non-hydrogen) atoms. The highest BCUT2D eigenvalue weighted by atomic mass is 32.1. The molecule has 0 spiro atoms. The summed E-state index contributed by atoms with van der Waals surface area (Å²) in [7, 11) is 0. The zero-order chi connectivity index (χ0) is 11.0. The highest BCUT2D eigenvalue weighted by molar-refractivity contribution is 7.13. The number of benzene rings is 1. The molecule has 3 nitrogen and oxygen atoms in total. The third-order valence-corrected chi connectivity index (χ3v) is 4.09. The predicted octanol–water partition coefficient (Wildman–Crippen LogP) is 2.08. The van der Waals surface area contributed by atoms with E-state index in [4.69, 9.17) is 5.73 Å². The summed E-state index contributed by atoms with van der Waals surface area (Å²) in [6.45, 7) is 2.94. The van der Waals surface area contributed by atoms with Crippen molar-refractivity contribution in [2.75, 3.05) is 24.5 Å². The van der Waals surface area contributed by atoms with E-state index in [-0.39, 0.29) is 0 Å². The molecule has 0 bridgehead atoms. The first-order chi connectivity index (χ1) is 7.88. The van der Waals surface area contributed by atoms with Crippen LogP contribution in [0.1, 0.15) is 6.42 Å². The summed E-state index contributed by atoms with van der Waals surface area (Å²) in [6, 6.07) is 8.44. The second kappa shape index (κ2) is 4.03. The number of hydrogen-bond acceptors (Lipinski definition) is 4. The number of anilines is 1. The molecule has 2 N–H and O–H groups in total. The maximum absolute atomic E-state index is 5.72. The molecule has 0 unspecified atom stereocenters. The second-order valence-corrected chi connectivity index (χ2v) is 5.14. The van der Waals surface area contributed by atoms with Crippen LogP contribution >= 0.6 is 11.5 Å². The molecule has 1 aliphatic heterocycles. The Labute approximate surface area is 99.0 Å². The zero-order valence-corrected chi connectivity index (χ0v) is 9.91. The summed E-state index contributed by atoms with van der Waals surface area (Å²) >= 11 is 1.59. The molecule has 1 aliphatic rings. The van der Waals surface area contributed by atoms with Gasteiger partial charge in [0.25, 0.3) is 0 Å². The monoisotopic (exact) mass is 233 g/mol. The summed E-state index contributed by atoms with van der Waals surface area (Å²) in [4.78, 5) is 2.37. The largest absolute Gasteiger partial charge is 0.355 e. The summed E-state index contributed by atoms with van der Waals surface area (Å²) in [6.07, 6.45) is 1.20. The molecule has 3 rings (SSSR count). The molecular weight excluding hydrogens is 218 g/mol. The molecule has 0 aliphatic carbocycles. The summed E-state index contributed by atoms with van der Waals surface area (Å²) in [5.41, 5.74) is 5.72. The first kappa shape index (κ1) is 10.1. The van der Waals surface area contributed by atoms with Crippen LogP contribution in [0.25, 0.3) is 10.1 Å². The smallest absolute Gasteiger partial charge is 0.150 e. The molecule has 2 aromatic rings. The van der Waals surface area contributed by atoms with Gasteiger partial charge in [0, 0.05) is 18.5 Å². The normalized spacial score (nSPS) is 20.8. The molecule has 0 amide bonds. The molecule has 0 saturated carbocycles. The van der Waals surface area contributed by atoms with Crippen LogP contribution < -0.4 is 10.6 Å². The van der Waals surface area contributed by atoms with E-state index in [9.17, 15) is 0 Å². The van der Waals surface area contributed by atoms with Crippen LogP contribution in [0.3, 0.4) is 0 Å². The van der Waals surface area contributed by atoms with Gasteiger partial charge in [-0.3, -0.25) is 0 Å². The lowest BCUT2D eigenvalue weighted by Gasteiger charge is -2.15. The molecule has 1 atom stereocenters. The zero-order valence-electron chi connectivity index (χ0n) is 9.10. The van der Waals surface area contributed by atoms with Crippen molar-refractivity contribution in [3.63, 3.8) is 0 Å². The Morgan fingerprint density at radius 3 is 3.12 bits per heavy atom. The lowest BCUT2D eigenvalue weighted by atomic mass is 10.1. The molecule has 1 fully saturated rings.